The zero-order chi connectivity index (χ0) is 14.0. The molecule has 0 bridgehead atoms. The van der Waals surface area contributed by atoms with Gasteiger partial charge in [0.05, 0.1) is 14.2 Å². The van der Waals surface area contributed by atoms with E-state index in [0.29, 0.717) is 27.6 Å². The molecule has 0 aliphatic carbocycles. The second-order valence-corrected chi connectivity index (χ2v) is 4.60. The van der Waals surface area contributed by atoms with Gasteiger partial charge in [0.1, 0.15) is 28.0 Å². The molecule has 1 heterocycles. The minimum atomic E-state index is 0.347. The molecule has 98 valence electrons. The third-order valence-corrected chi connectivity index (χ3v) is 3.65. The van der Waals surface area contributed by atoms with Crippen LogP contribution in [0.2, 0.25) is 0 Å². The maximum absolute atomic E-state index is 9.00. The van der Waals surface area contributed by atoms with E-state index in [-0.39, 0.29) is 0 Å². The van der Waals surface area contributed by atoms with Gasteiger partial charge in [-0.1, -0.05) is 0 Å². The number of imidazole rings is 1. The standard InChI is InChI=1S/C13H12BrN3O2/c1-17-12(14)11(7-15)16-13(17)8-4-9(18-2)6-10(5-8)19-3/h4-6H,1-3H3. The van der Waals surface area contributed by atoms with Crippen molar-refractivity contribution >= 4 is 15.9 Å². The van der Waals surface area contributed by atoms with Gasteiger partial charge in [0, 0.05) is 18.7 Å². The lowest BCUT2D eigenvalue weighted by Gasteiger charge is -2.08. The maximum atomic E-state index is 9.00. The molecule has 2 aromatic rings. The second kappa shape index (κ2) is 5.33. The number of methoxy groups -OCH3 is 2. The van der Waals surface area contributed by atoms with Crippen LogP contribution < -0.4 is 9.47 Å². The number of benzene rings is 1. The molecule has 0 atom stereocenters. The van der Waals surface area contributed by atoms with Gasteiger partial charge in [-0.15, -0.1) is 0 Å². The molecule has 0 fully saturated rings. The van der Waals surface area contributed by atoms with Crippen molar-refractivity contribution in [2.45, 2.75) is 0 Å². The van der Waals surface area contributed by atoms with E-state index in [0.717, 1.165) is 5.56 Å². The predicted octanol–water partition coefficient (Wildman–Crippen LogP) is 2.74. The SMILES string of the molecule is COc1cc(OC)cc(-c2nc(C#N)c(Br)n2C)c1. The van der Waals surface area contributed by atoms with Gasteiger partial charge in [-0.05, 0) is 28.1 Å². The van der Waals surface area contributed by atoms with E-state index in [1.165, 1.54) is 0 Å². The van der Waals surface area contributed by atoms with Crippen molar-refractivity contribution in [3.63, 3.8) is 0 Å². The summed E-state index contributed by atoms with van der Waals surface area (Å²) in [4.78, 5) is 4.29. The lowest BCUT2D eigenvalue weighted by molar-refractivity contribution is 0.394. The van der Waals surface area contributed by atoms with E-state index in [2.05, 4.69) is 20.9 Å². The molecular formula is C13H12BrN3O2. The van der Waals surface area contributed by atoms with Crippen molar-refractivity contribution in [1.29, 1.82) is 5.26 Å². The van der Waals surface area contributed by atoms with Crippen LogP contribution >= 0.6 is 15.9 Å². The smallest absolute Gasteiger partial charge is 0.173 e. The number of rotatable bonds is 3. The average Bonchev–Trinajstić information content (AvgIpc) is 2.74. The first kappa shape index (κ1) is 13.4. The summed E-state index contributed by atoms with van der Waals surface area (Å²) < 4.78 is 12.9. The van der Waals surface area contributed by atoms with Crippen LogP contribution in [-0.2, 0) is 7.05 Å². The molecule has 0 radical (unpaired) electrons. The highest BCUT2D eigenvalue weighted by Crippen LogP contribution is 2.31. The largest absolute Gasteiger partial charge is 0.497 e. The van der Waals surface area contributed by atoms with E-state index >= 15 is 0 Å². The highest BCUT2D eigenvalue weighted by Gasteiger charge is 2.15. The highest BCUT2D eigenvalue weighted by molar-refractivity contribution is 9.10. The Hall–Kier alpha value is -2.00. The summed E-state index contributed by atoms with van der Waals surface area (Å²) in [6.07, 6.45) is 0. The molecule has 0 aliphatic heterocycles. The number of hydrogen-bond donors (Lipinski definition) is 0. The molecule has 0 saturated heterocycles. The van der Waals surface area contributed by atoms with Crippen molar-refractivity contribution in [2.24, 2.45) is 7.05 Å². The number of aromatic nitrogens is 2. The summed E-state index contributed by atoms with van der Waals surface area (Å²) in [5, 5.41) is 9.00. The molecule has 0 saturated carbocycles. The number of nitrogens with zero attached hydrogens (tertiary/aromatic N) is 3. The van der Waals surface area contributed by atoms with Crippen LogP contribution in [0.5, 0.6) is 11.5 Å². The van der Waals surface area contributed by atoms with Gasteiger partial charge in [0.2, 0.25) is 0 Å². The van der Waals surface area contributed by atoms with Crippen molar-refractivity contribution in [1.82, 2.24) is 9.55 Å². The Labute approximate surface area is 119 Å². The molecule has 1 aromatic carbocycles. The molecule has 0 aliphatic rings. The summed E-state index contributed by atoms with van der Waals surface area (Å²) in [6.45, 7) is 0. The summed E-state index contributed by atoms with van der Waals surface area (Å²) in [7, 11) is 5.01. The first-order valence-electron chi connectivity index (χ1n) is 5.46. The van der Waals surface area contributed by atoms with Gasteiger partial charge < -0.3 is 14.0 Å². The van der Waals surface area contributed by atoms with Crippen molar-refractivity contribution in [3.05, 3.63) is 28.5 Å². The third-order valence-electron chi connectivity index (χ3n) is 2.74. The highest BCUT2D eigenvalue weighted by atomic mass is 79.9. The number of hydrogen-bond acceptors (Lipinski definition) is 4. The Morgan fingerprint density at radius 3 is 2.21 bits per heavy atom. The summed E-state index contributed by atoms with van der Waals surface area (Å²) in [5.41, 5.74) is 1.17. The van der Waals surface area contributed by atoms with Crippen molar-refractivity contribution < 1.29 is 9.47 Å². The van der Waals surface area contributed by atoms with Crippen LogP contribution in [-0.4, -0.2) is 23.8 Å². The predicted molar refractivity (Wildman–Crippen MR) is 74.2 cm³/mol. The lowest BCUT2D eigenvalue weighted by Crippen LogP contribution is -1.95. The van der Waals surface area contributed by atoms with Gasteiger partial charge >= 0.3 is 0 Å². The fraction of sp³-hybridized carbons (Fsp3) is 0.231. The van der Waals surface area contributed by atoms with Crippen LogP contribution in [0.4, 0.5) is 0 Å². The third kappa shape index (κ3) is 2.42. The van der Waals surface area contributed by atoms with E-state index < -0.39 is 0 Å². The summed E-state index contributed by atoms with van der Waals surface area (Å²) >= 11 is 3.35. The van der Waals surface area contributed by atoms with Crippen LogP contribution in [0.15, 0.2) is 22.8 Å². The number of halogens is 1. The fourth-order valence-electron chi connectivity index (χ4n) is 1.74. The summed E-state index contributed by atoms with van der Waals surface area (Å²) in [5.74, 6) is 2.01. The summed E-state index contributed by atoms with van der Waals surface area (Å²) in [6, 6.07) is 7.52. The van der Waals surface area contributed by atoms with Crippen molar-refractivity contribution in [2.75, 3.05) is 14.2 Å². The lowest BCUT2D eigenvalue weighted by atomic mass is 10.2. The molecule has 0 unspecified atom stereocenters. The normalized spacial score (nSPS) is 10.1. The van der Waals surface area contributed by atoms with E-state index in [1.54, 1.807) is 24.9 Å². The molecule has 6 heteroatoms. The minimum absolute atomic E-state index is 0.347. The quantitative estimate of drug-likeness (QED) is 0.872. The van der Waals surface area contributed by atoms with Crippen LogP contribution in [0.1, 0.15) is 5.69 Å². The maximum Gasteiger partial charge on any atom is 0.173 e. The van der Waals surface area contributed by atoms with Crippen molar-refractivity contribution in [3.8, 4) is 29.0 Å². The van der Waals surface area contributed by atoms with Crippen LogP contribution in [0, 0.1) is 11.3 Å². The molecular weight excluding hydrogens is 310 g/mol. The zero-order valence-corrected chi connectivity index (χ0v) is 12.4. The first-order chi connectivity index (χ1) is 9.10. The monoisotopic (exact) mass is 321 g/mol. The van der Waals surface area contributed by atoms with Gasteiger partial charge in [0.15, 0.2) is 5.69 Å². The van der Waals surface area contributed by atoms with Crippen LogP contribution in [0.25, 0.3) is 11.4 Å². The molecule has 0 spiro atoms. The average molecular weight is 322 g/mol. The zero-order valence-electron chi connectivity index (χ0n) is 10.8. The fourth-order valence-corrected chi connectivity index (χ4v) is 2.09. The molecule has 1 aromatic heterocycles. The minimum Gasteiger partial charge on any atom is -0.497 e. The topological polar surface area (TPSA) is 60.1 Å². The van der Waals surface area contributed by atoms with Gasteiger partial charge in [-0.2, -0.15) is 5.26 Å². The van der Waals surface area contributed by atoms with E-state index in [9.17, 15) is 0 Å². The molecule has 5 nitrogen and oxygen atoms in total. The Morgan fingerprint density at radius 1 is 1.21 bits per heavy atom. The van der Waals surface area contributed by atoms with Gasteiger partial charge in [-0.25, -0.2) is 4.98 Å². The molecule has 19 heavy (non-hydrogen) atoms. The Balaban J connectivity index is 2.62. The Morgan fingerprint density at radius 2 is 1.79 bits per heavy atom. The van der Waals surface area contributed by atoms with E-state index in [1.807, 2.05) is 25.2 Å². The van der Waals surface area contributed by atoms with Gasteiger partial charge in [-0.3, -0.25) is 0 Å². The number of nitriles is 1. The number of ether oxygens (including phenoxy) is 2. The van der Waals surface area contributed by atoms with Crippen LogP contribution in [0.3, 0.4) is 0 Å². The van der Waals surface area contributed by atoms with E-state index in [4.69, 9.17) is 14.7 Å². The molecule has 0 N–H and O–H groups in total. The molecule has 0 amide bonds. The molecule has 2 rings (SSSR count). The first-order valence-corrected chi connectivity index (χ1v) is 6.25. The second-order valence-electron chi connectivity index (χ2n) is 3.85. The Kier molecular flexibility index (Phi) is 3.76. The van der Waals surface area contributed by atoms with Gasteiger partial charge in [0.25, 0.3) is 0 Å². The Bertz CT molecular complexity index is 636.